The molecular formula is C20H24N2O2. The zero-order valence-corrected chi connectivity index (χ0v) is 14.3. The maximum atomic E-state index is 12.4. The van der Waals surface area contributed by atoms with Gasteiger partial charge in [0.2, 0.25) is 5.91 Å². The normalized spacial score (nSPS) is 14.3. The van der Waals surface area contributed by atoms with Gasteiger partial charge >= 0.3 is 0 Å². The van der Waals surface area contributed by atoms with Crippen LogP contribution in [0, 0.1) is 0 Å². The SMILES string of the molecule is CC(C)Oc1ccccc1NC(=O)CN1CCc2ccccc2C1. The first kappa shape index (κ1) is 16.5. The summed E-state index contributed by atoms with van der Waals surface area (Å²) < 4.78 is 5.75. The number of fused-ring (bicyclic) bond motifs is 1. The third kappa shape index (κ3) is 4.15. The number of para-hydroxylation sites is 2. The molecule has 0 saturated heterocycles. The second-order valence-corrected chi connectivity index (χ2v) is 6.44. The molecule has 0 fully saturated rings. The minimum Gasteiger partial charge on any atom is -0.489 e. The van der Waals surface area contributed by atoms with Gasteiger partial charge in [-0.05, 0) is 43.5 Å². The fraction of sp³-hybridized carbons (Fsp3) is 0.350. The Morgan fingerprint density at radius 2 is 1.83 bits per heavy atom. The number of rotatable bonds is 5. The van der Waals surface area contributed by atoms with Crippen LogP contribution in [0.25, 0.3) is 0 Å². The van der Waals surface area contributed by atoms with Crippen LogP contribution in [0.5, 0.6) is 5.75 Å². The van der Waals surface area contributed by atoms with Gasteiger partial charge in [-0.1, -0.05) is 36.4 Å². The lowest BCUT2D eigenvalue weighted by atomic mass is 10.00. The van der Waals surface area contributed by atoms with E-state index < -0.39 is 0 Å². The van der Waals surface area contributed by atoms with Gasteiger partial charge in [-0.15, -0.1) is 0 Å². The van der Waals surface area contributed by atoms with Crippen molar-refractivity contribution in [2.75, 3.05) is 18.4 Å². The maximum Gasteiger partial charge on any atom is 0.238 e. The summed E-state index contributed by atoms with van der Waals surface area (Å²) in [7, 11) is 0. The number of hydrogen-bond donors (Lipinski definition) is 1. The Hall–Kier alpha value is -2.33. The number of amides is 1. The summed E-state index contributed by atoms with van der Waals surface area (Å²) >= 11 is 0. The molecule has 1 amide bonds. The third-order valence-electron chi connectivity index (χ3n) is 4.10. The molecule has 0 unspecified atom stereocenters. The Kier molecular flexibility index (Phi) is 5.16. The average molecular weight is 324 g/mol. The van der Waals surface area contributed by atoms with Crippen LogP contribution in [0.15, 0.2) is 48.5 Å². The molecule has 24 heavy (non-hydrogen) atoms. The molecular weight excluding hydrogens is 300 g/mol. The van der Waals surface area contributed by atoms with E-state index in [2.05, 4.69) is 34.5 Å². The molecule has 0 aromatic heterocycles. The zero-order chi connectivity index (χ0) is 16.9. The van der Waals surface area contributed by atoms with Crippen molar-refractivity contribution in [1.29, 1.82) is 0 Å². The Labute approximate surface area is 143 Å². The molecule has 1 aliphatic rings. The number of carbonyl (C=O) groups excluding carboxylic acids is 1. The molecule has 2 aromatic rings. The molecule has 0 aliphatic carbocycles. The van der Waals surface area contributed by atoms with Crippen LogP contribution in [0.2, 0.25) is 0 Å². The van der Waals surface area contributed by atoms with E-state index in [9.17, 15) is 4.79 Å². The summed E-state index contributed by atoms with van der Waals surface area (Å²) in [4.78, 5) is 14.6. The topological polar surface area (TPSA) is 41.6 Å². The summed E-state index contributed by atoms with van der Waals surface area (Å²) in [6, 6.07) is 16.0. The number of carbonyl (C=O) groups is 1. The van der Waals surface area contributed by atoms with E-state index in [1.165, 1.54) is 11.1 Å². The standard InChI is InChI=1S/C20H24N2O2/c1-15(2)24-19-10-6-5-9-18(19)21-20(23)14-22-12-11-16-7-3-4-8-17(16)13-22/h3-10,15H,11-14H2,1-2H3,(H,21,23). The van der Waals surface area contributed by atoms with Crippen LogP contribution in [0.4, 0.5) is 5.69 Å². The van der Waals surface area contributed by atoms with Crippen LogP contribution in [0.3, 0.4) is 0 Å². The average Bonchev–Trinajstić information content (AvgIpc) is 2.56. The van der Waals surface area contributed by atoms with E-state index in [1.807, 2.05) is 38.1 Å². The number of nitrogens with one attached hydrogen (secondary N) is 1. The smallest absolute Gasteiger partial charge is 0.238 e. The van der Waals surface area contributed by atoms with Crippen molar-refractivity contribution in [2.24, 2.45) is 0 Å². The summed E-state index contributed by atoms with van der Waals surface area (Å²) in [6.45, 7) is 6.08. The van der Waals surface area contributed by atoms with Crippen molar-refractivity contribution in [3.8, 4) is 5.75 Å². The molecule has 0 bridgehead atoms. The van der Waals surface area contributed by atoms with Gasteiger partial charge in [0.15, 0.2) is 0 Å². The predicted molar refractivity (Wildman–Crippen MR) is 96.3 cm³/mol. The number of ether oxygens (including phenoxy) is 1. The first-order chi connectivity index (χ1) is 11.6. The van der Waals surface area contributed by atoms with Crippen molar-refractivity contribution >= 4 is 11.6 Å². The molecule has 1 N–H and O–H groups in total. The van der Waals surface area contributed by atoms with Gasteiger partial charge in [0.05, 0.1) is 18.3 Å². The summed E-state index contributed by atoms with van der Waals surface area (Å²) in [5.41, 5.74) is 3.44. The van der Waals surface area contributed by atoms with Gasteiger partial charge in [0.1, 0.15) is 5.75 Å². The van der Waals surface area contributed by atoms with E-state index in [0.717, 1.165) is 25.2 Å². The molecule has 3 rings (SSSR count). The second-order valence-electron chi connectivity index (χ2n) is 6.44. The van der Waals surface area contributed by atoms with Crippen molar-refractivity contribution < 1.29 is 9.53 Å². The molecule has 0 atom stereocenters. The number of benzene rings is 2. The van der Waals surface area contributed by atoms with E-state index in [4.69, 9.17) is 4.74 Å². The van der Waals surface area contributed by atoms with E-state index in [0.29, 0.717) is 12.3 Å². The fourth-order valence-corrected chi connectivity index (χ4v) is 3.01. The molecule has 4 nitrogen and oxygen atoms in total. The molecule has 2 aromatic carbocycles. The largest absolute Gasteiger partial charge is 0.489 e. The Morgan fingerprint density at radius 3 is 2.62 bits per heavy atom. The lowest BCUT2D eigenvalue weighted by Gasteiger charge is -2.28. The van der Waals surface area contributed by atoms with Gasteiger partial charge in [0, 0.05) is 13.1 Å². The van der Waals surface area contributed by atoms with Crippen LogP contribution in [-0.4, -0.2) is 30.0 Å². The quantitative estimate of drug-likeness (QED) is 0.915. The Bertz CT molecular complexity index is 712. The summed E-state index contributed by atoms with van der Waals surface area (Å²) in [5.74, 6) is 0.707. The van der Waals surface area contributed by atoms with Gasteiger partial charge < -0.3 is 10.1 Å². The highest BCUT2D eigenvalue weighted by molar-refractivity contribution is 5.93. The highest BCUT2D eigenvalue weighted by Gasteiger charge is 2.18. The molecule has 0 saturated carbocycles. The van der Waals surface area contributed by atoms with Crippen LogP contribution in [-0.2, 0) is 17.8 Å². The van der Waals surface area contributed by atoms with E-state index >= 15 is 0 Å². The van der Waals surface area contributed by atoms with Gasteiger partial charge in [0.25, 0.3) is 0 Å². The lowest BCUT2D eigenvalue weighted by Crippen LogP contribution is -2.37. The number of nitrogens with zero attached hydrogens (tertiary/aromatic N) is 1. The molecule has 4 heteroatoms. The fourth-order valence-electron chi connectivity index (χ4n) is 3.01. The first-order valence-corrected chi connectivity index (χ1v) is 8.46. The van der Waals surface area contributed by atoms with Crippen molar-refractivity contribution in [3.63, 3.8) is 0 Å². The zero-order valence-electron chi connectivity index (χ0n) is 14.3. The van der Waals surface area contributed by atoms with E-state index in [1.54, 1.807) is 0 Å². The number of hydrogen-bond acceptors (Lipinski definition) is 3. The maximum absolute atomic E-state index is 12.4. The summed E-state index contributed by atoms with van der Waals surface area (Å²) in [5, 5.41) is 2.98. The summed E-state index contributed by atoms with van der Waals surface area (Å²) in [6.07, 6.45) is 1.07. The molecule has 0 radical (unpaired) electrons. The van der Waals surface area contributed by atoms with Crippen molar-refractivity contribution in [3.05, 3.63) is 59.7 Å². The van der Waals surface area contributed by atoms with Crippen LogP contribution < -0.4 is 10.1 Å². The van der Waals surface area contributed by atoms with Gasteiger partial charge in [-0.3, -0.25) is 9.69 Å². The Morgan fingerprint density at radius 1 is 1.12 bits per heavy atom. The second kappa shape index (κ2) is 7.49. The highest BCUT2D eigenvalue weighted by Crippen LogP contribution is 2.25. The highest BCUT2D eigenvalue weighted by atomic mass is 16.5. The minimum absolute atomic E-state index is 0.00538. The lowest BCUT2D eigenvalue weighted by molar-refractivity contribution is -0.117. The third-order valence-corrected chi connectivity index (χ3v) is 4.10. The van der Waals surface area contributed by atoms with E-state index in [-0.39, 0.29) is 12.0 Å². The first-order valence-electron chi connectivity index (χ1n) is 8.46. The molecule has 126 valence electrons. The van der Waals surface area contributed by atoms with Crippen molar-refractivity contribution in [1.82, 2.24) is 4.90 Å². The number of anilines is 1. The van der Waals surface area contributed by atoms with Gasteiger partial charge in [-0.2, -0.15) is 0 Å². The van der Waals surface area contributed by atoms with Crippen LogP contribution in [0.1, 0.15) is 25.0 Å². The monoisotopic (exact) mass is 324 g/mol. The van der Waals surface area contributed by atoms with Crippen LogP contribution >= 0.6 is 0 Å². The van der Waals surface area contributed by atoms with Crippen molar-refractivity contribution in [2.45, 2.75) is 32.9 Å². The molecule has 1 aliphatic heterocycles. The molecule has 1 heterocycles. The van der Waals surface area contributed by atoms with Gasteiger partial charge in [-0.25, -0.2) is 0 Å². The minimum atomic E-state index is -0.00538. The molecule has 0 spiro atoms. The Balaban J connectivity index is 1.61. The predicted octanol–water partition coefficient (Wildman–Crippen LogP) is 3.47.